The van der Waals surface area contributed by atoms with Gasteiger partial charge in [-0.05, 0) is 58.5 Å². The van der Waals surface area contributed by atoms with Crippen molar-refractivity contribution in [1.82, 2.24) is 30.4 Å². The smallest absolute Gasteiger partial charge is 0.319 e. The van der Waals surface area contributed by atoms with Crippen LogP contribution in [0.2, 0.25) is 0 Å². The number of rotatable bonds is 6. The molecule has 0 fully saturated rings. The normalized spacial score (nSPS) is 14.8. The fourth-order valence-corrected chi connectivity index (χ4v) is 4.17. The van der Waals surface area contributed by atoms with E-state index in [0.29, 0.717) is 18.2 Å². The van der Waals surface area contributed by atoms with Gasteiger partial charge in [-0.1, -0.05) is 44.2 Å². The van der Waals surface area contributed by atoms with Gasteiger partial charge >= 0.3 is 6.03 Å². The Balaban J connectivity index is 1.38. The minimum atomic E-state index is -0.213. The number of fused-ring (bicyclic) bond motifs is 1. The summed E-state index contributed by atoms with van der Waals surface area (Å²) in [6.45, 7) is 8.93. The molecular weight excluding hydrogens is 390 g/mol. The van der Waals surface area contributed by atoms with E-state index in [-0.39, 0.29) is 12.1 Å². The minimum absolute atomic E-state index is 0.213. The largest absolute Gasteiger partial charge is 0.336 e. The highest BCUT2D eigenvalue weighted by atomic mass is 16.2. The molecule has 2 heterocycles. The zero-order valence-electron chi connectivity index (χ0n) is 18.2. The number of carbonyl (C=O) groups excluding carboxylic acids is 1. The van der Waals surface area contributed by atoms with Crippen molar-refractivity contribution in [3.63, 3.8) is 0 Å². The molecular formula is C23H29N7O. The number of anilines is 1. The summed E-state index contributed by atoms with van der Waals surface area (Å²) in [5, 5.41) is 17.3. The first-order chi connectivity index (χ1) is 15.0. The fraction of sp³-hybridized carbons (Fsp3) is 0.391. The summed E-state index contributed by atoms with van der Waals surface area (Å²) in [7, 11) is 0. The predicted molar refractivity (Wildman–Crippen MR) is 120 cm³/mol. The number of nitrogens with one attached hydrogen (secondary N) is 2. The Bertz CT molecular complexity index is 1030. The first-order valence-corrected chi connectivity index (χ1v) is 10.7. The van der Waals surface area contributed by atoms with Crippen molar-refractivity contribution in [3.8, 4) is 5.69 Å². The second kappa shape index (κ2) is 9.26. The van der Waals surface area contributed by atoms with Crippen LogP contribution in [0.15, 0.2) is 48.8 Å². The first kappa shape index (κ1) is 21.0. The number of urea groups is 1. The van der Waals surface area contributed by atoms with E-state index >= 15 is 0 Å². The summed E-state index contributed by atoms with van der Waals surface area (Å²) >= 11 is 0. The molecule has 0 saturated carbocycles. The maximum atomic E-state index is 12.6. The molecule has 0 spiro atoms. The molecule has 2 N–H and O–H groups in total. The summed E-state index contributed by atoms with van der Waals surface area (Å²) in [6, 6.07) is 14.4. The maximum absolute atomic E-state index is 12.6. The molecule has 1 unspecified atom stereocenters. The average Bonchev–Trinajstić information content (AvgIpc) is 3.29. The Labute approximate surface area is 182 Å². The monoisotopic (exact) mass is 419 g/mol. The van der Waals surface area contributed by atoms with Gasteiger partial charge in [-0.2, -0.15) is 0 Å². The number of hydrogen-bond donors (Lipinski definition) is 2. The van der Waals surface area contributed by atoms with Gasteiger partial charge < -0.3 is 10.6 Å². The van der Waals surface area contributed by atoms with E-state index in [1.165, 1.54) is 17.5 Å². The highest BCUT2D eigenvalue weighted by Gasteiger charge is 2.26. The van der Waals surface area contributed by atoms with Crippen molar-refractivity contribution in [2.45, 2.75) is 39.8 Å². The molecule has 162 valence electrons. The van der Waals surface area contributed by atoms with Crippen molar-refractivity contribution in [1.29, 1.82) is 0 Å². The van der Waals surface area contributed by atoms with Crippen LogP contribution < -0.4 is 10.6 Å². The van der Waals surface area contributed by atoms with Crippen LogP contribution in [0.25, 0.3) is 5.69 Å². The van der Waals surface area contributed by atoms with Gasteiger partial charge in [-0.25, -0.2) is 9.48 Å². The molecule has 0 radical (unpaired) electrons. The summed E-state index contributed by atoms with van der Waals surface area (Å²) in [4.78, 5) is 15.1. The van der Waals surface area contributed by atoms with Crippen molar-refractivity contribution < 1.29 is 4.79 Å². The van der Waals surface area contributed by atoms with Crippen LogP contribution in [0.3, 0.4) is 0 Å². The SMILES string of the molecule is Cc1ccc(NC(=O)NCC(C(C)C)N2CCc3ccccc3C2)cc1-n1cnnn1. The van der Waals surface area contributed by atoms with Crippen LogP contribution in [-0.4, -0.2) is 50.3 Å². The molecule has 2 aromatic carbocycles. The van der Waals surface area contributed by atoms with E-state index in [4.69, 9.17) is 0 Å². The second-order valence-electron chi connectivity index (χ2n) is 8.39. The number of aromatic nitrogens is 4. The predicted octanol–water partition coefficient (Wildman–Crippen LogP) is 3.18. The number of tetrazole rings is 1. The van der Waals surface area contributed by atoms with Gasteiger partial charge in [-0.15, -0.1) is 5.10 Å². The quantitative estimate of drug-likeness (QED) is 0.641. The lowest BCUT2D eigenvalue weighted by molar-refractivity contribution is 0.138. The van der Waals surface area contributed by atoms with Crippen molar-refractivity contribution in [2.24, 2.45) is 5.92 Å². The van der Waals surface area contributed by atoms with Gasteiger partial charge in [-0.3, -0.25) is 4.90 Å². The highest BCUT2D eigenvalue weighted by Crippen LogP contribution is 2.23. The lowest BCUT2D eigenvalue weighted by atomic mass is 9.95. The summed E-state index contributed by atoms with van der Waals surface area (Å²) in [6.07, 6.45) is 2.59. The van der Waals surface area contributed by atoms with Crippen LogP contribution in [0.1, 0.15) is 30.5 Å². The third-order valence-electron chi connectivity index (χ3n) is 5.93. The van der Waals surface area contributed by atoms with Gasteiger partial charge in [0, 0.05) is 31.4 Å². The van der Waals surface area contributed by atoms with Gasteiger partial charge in [0.25, 0.3) is 0 Å². The standard InChI is InChI=1S/C23H29N7O/c1-16(2)22(29-11-10-18-6-4-5-7-19(18)14-29)13-24-23(31)26-20-9-8-17(3)21(12-20)30-15-25-27-28-30/h4-9,12,15-16,22H,10-11,13-14H2,1-3H3,(H2,24,26,31). The molecule has 0 bridgehead atoms. The molecule has 31 heavy (non-hydrogen) atoms. The van der Waals surface area contributed by atoms with Gasteiger partial charge in [0.1, 0.15) is 6.33 Å². The molecule has 4 rings (SSSR count). The number of benzene rings is 2. The third kappa shape index (κ3) is 4.91. The Morgan fingerprint density at radius 1 is 1.16 bits per heavy atom. The maximum Gasteiger partial charge on any atom is 0.319 e. The van der Waals surface area contributed by atoms with Crippen LogP contribution in [-0.2, 0) is 13.0 Å². The Hall–Kier alpha value is -3.26. The van der Waals surface area contributed by atoms with Gasteiger partial charge in [0.15, 0.2) is 0 Å². The third-order valence-corrected chi connectivity index (χ3v) is 5.93. The second-order valence-corrected chi connectivity index (χ2v) is 8.39. The topological polar surface area (TPSA) is 88.0 Å². The van der Waals surface area contributed by atoms with E-state index in [9.17, 15) is 4.79 Å². The molecule has 1 aromatic heterocycles. The Kier molecular flexibility index (Phi) is 6.27. The molecule has 0 aliphatic carbocycles. The Morgan fingerprint density at radius 2 is 1.97 bits per heavy atom. The van der Waals surface area contributed by atoms with Crippen molar-refractivity contribution >= 4 is 11.7 Å². The van der Waals surface area contributed by atoms with Crippen LogP contribution in [0.4, 0.5) is 10.5 Å². The van der Waals surface area contributed by atoms with E-state index < -0.39 is 0 Å². The minimum Gasteiger partial charge on any atom is -0.336 e. The lowest BCUT2D eigenvalue weighted by Crippen LogP contribution is -2.49. The van der Waals surface area contributed by atoms with E-state index in [2.05, 4.69) is 69.2 Å². The molecule has 0 saturated heterocycles. The molecule has 1 aliphatic rings. The molecule has 2 amide bonds. The van der Waals surface area contributed by atoms with E-state index in [1.54, 1.807) is 4.68 Å². The number of hydrogen-bond acceptors (Lipinski definition) is 5. The lowest BCUT2D eigenvalue weighted by Gasteiger charge is -2.38. The van der Waals surface area contributed by atoms with Gasteiger partial charge in [0.2, 0.25) is 0 Å². The Morgan fingerprint density at radius 3 is 2.71 bits per heavy atom. The van der Waals surface area contributed by atoms with Gasteiger partial charge in [0.05, 0.1) is 5.69 Å². The first-order valence-electron chi connectivity index (χ1n) is 10.7. The molecule has 3 aromatic rings. The van der Waals surface area contributed by atoms with Crippen LogP contribution >= 0.6 is 0 Å². The van der Waals surface area contributed by atoms with Crippen molar-refractivity contribution in [3.05, 3.63) is 65.5 Å². The zero-order valence-corrected chi connectivity index (χ0v) is 18.2. The molecule has 1 atom stereocenters. The summed E-state index contributed by atoms with van der Waals surface area (Å²) in [5.74, 6) is 0.427. The number of nitrogens with zero attached hydrogens (tertiary/aromatic N) is 5. The van der Waals surface area contributed by atoms with Crippen molar-refractivity contribution in [2.75, 3.05) is 18.4 Å². The number of carbonyl (C=O) groups is 1. The molecule has 1 aliphatic heterocycles. The fourth-order valence-electron chi connectivity index (χ4n) is 4.17. The zero-order chi connectivity index (χ0) is 21.8. The van der Waals surface area contributed by atoms with E-state index in [1.807, 2.05) is 25.1 Å². The molecule has 8 nitrogen and oxygen atoms in total. The number of aryl methyl sites for hydroxylation is 1. The van der Waals surface area contributed by atoms with Crippen LogP contribution in [0.5, 0.6) is 0 Å². The average molecular weight is 420 g/mol. The summed E-state index contributed by atoms with van der Waals surface area (Å²) < 4.78 is 1.58. The summed E-state index contributed by atoms with van der Waals surface area (Å²) in [5.41, 5.74) is 5.36. The highest BCUT2D eigenvalue weighted by molar-refractivity contribution is 5.89. The number of amides is 2. The molecule has 8 heteroatoms. The van der Waals surface area contributed by atoms with E-state index in [0.717, 1.165) is 30.8 Å². The van der Waals surface area contributed by atoms with Crippen LogP contribution in [0, 0.1) is 12.8 Å².